The van der Waals surface area contributed by atoms with Gasteiger partial charge in [-0.3, -0.25) is 0 Å². The fourth-order valence-corrected chi connectivity index (χ4v) is 4.74. The Balaban J connectivity index is 1.23. The molecule has 0 bridgehead atoms. The zero-order chi connectivity index (χ0) is 23.7. The van der Waals surface area contributed by atoms with Crippen molar-refractivity contribution in [2.75, 3.05) is 13.2 Å². The predicted molar refractivity (Wildman–Crippen MR) is 130 cm³/mol. The summed E-state index contributed by atoms with van der Waals surface area (Å²) in [5.74, 6) is -0.187. The summed E-state index contributed by atoms with van der Waals surface area (Å²) < 4.78 is 5.48. The van der Waals surface area contributed by atoms with Crippen molar-refractivity contribution in [1.82, 2.24) is 5.32 Å². The van der Waals surface area contributed by atoms with Crippen molar-refractivity contribution in [3.63, 3.8) is 0 Å². The van der Waals surface area contributed by atoms with Crippen LogP contribution in [0.15, 0.2) is 84.9 Å². The number of hydrogen-bond acceptors (Lipinski definition) is 5. The van der Waals surface area contributed by atoms with Gasteiger partial charge in [0.05, 0.1) is 0 Å². The van der Waals surface area contributed by atoms with Crippen LogP contribution in [-0.2, 0) is 4.74 Å². The quantitative estimate of drug-likeness (QED) is 0.344. The lowest BCUT2D eigenvalue weighted by molar-refractivity contribution is 0.0181. The largest absolute Gasteiger partial charge is 0.508 e. The molecule has 5 rings (SSSR count). The van der Waals surface area contributed by atoms with Crippen LogP contribution < -0.4 is 5.32 Å². The minimum atomic E-state index is -1.39. The molecule has 0 saturated carbocycles. The highest BCUT2D eigenvalue weighted by Crippen LogP contribution is 2.44. The fourth-order valence-electron chi connectivity index (χ4n) is 4.74. The van der Waals surface area contributed by atoms with E-state index >= 15 is 0 Å². The van der Waals surface area contributed by atoms with Gasteiger partial charge in [-0.05, 0) is 39.1 Å². The summed E-state index contributed by atoms with van der Waals surface area (Å²) >= 11 is 0. The molecule has 0 radical (unpaired) electrons. The van der Waals surface area contributed by atoms with Crippen LogP contribution in [0.3, 0.4) is 0 Å². The Labute approximate surface area is 197 Å². The summed E-state index contributed by atoms with van der Waals surface area (Å²) in [7, 11) is 0. The van der Waals surface area contributed by atoms with Crippen LogP contribution in [0.5, 0.6) is 5.75 Å². The number of phenols is 1. The van der Waals surface area contributed by atoms with Crippen LogP contribution in [0.1, 0.15) is 28.7 Å². The third kappa shape index (κ3) is 3.98. The van der Waals surface area contributed by atoms with E-state index in [1.54, 1.807) is 18.2 Å². The summed E-state index contributed by atoms with van der Waals surface area (Å²) in [6.45, 7) is -0.0802. The van der Waals surface area contributed by atoms with E-state index in [1.165, 1.54) is 6.07 Å². The maximum absolute atomic E-state index is 12.4. The van der Waals surface area contributed by atoms with Gasteiger partial charge in [0, 0.05) is 18.0 Å². The molecule has 1 aliphatic rings. The molecule has 4 aromatic carbocycles. The van der Waals surface area contributed by atoms with Gasteiger partial charge in [-0.15, -0.1) is 0 Å². The Morgan fingerprint density at radius 2 is 1.47 bits per heavy atom. The van der Waals surface area contributed by atoms with Crippen molar-refractivity contribution < 1.29 is 24.9 Å². The van der Waals surface area contributed by atoms with Gasteiger partial charge in [0.25, 0.3) is 0 Å². The monoisotopic (exact) mass is 455 g/mol. The van der Waals surface area contributed by atoms with Gasteiger partial charge in [0.1, 0.15) is 24.6 Å². The van der Waals surface area contributed by atoms with E-state index in [1.807, 2.05) is 48.5 Å². The number of carbonyl (C=O) groups is 1. The van der Waals surface area contributed by atoms with E-state index in [4.69, 9.17) is 4.74 Å². The lowest BCUT2D eigenvalue weighted by atomic mass is 9.96. The average Bonchev–Trinajstić information content (AvgIpc) is 3.19. The average molecular weight is 456 g/mol. The van der Waals surface area contributed by atoms with Gasteiger partial charge < -0.3 is 25.4 Å². The Morgan fingerprint density at radius 1 is 0.853 bits per heavy atom. The second-order valence-corrected chi connectivity index (χ2v) is 8.44. The molecular weight excluding hydrogens is 430 g/mol. The summed E-state index contributed by atoms with van der Waals surface area (Å²) in [6.07, 6.45) is -3.41. The molecule has 1 aliphatic carbocycles. The van der Waals surface area contributed by atoms with Gasteiger partial charge in [-0.1, -0.05) is 78.9 Å². The highest BCUT2D eigenvalue weighted by Gasteiger charge is 2.29. The van der Waals surface area contributed by atoms with E-state index in [0.29, 0.717) is 5.39 Å². The Hall–Kier alpha value is -3.87. The number of aromatic hydroxyl groups is 1. The van der Waals surface area contributed by atoms with Crippen LogP contribution in [0.4, 0.5) is 4.79 Å². The number of amides is 1. The first kappa shape index (κ1) is 21.9. The maximum atomic E-state index is 12.4. The third-order valence-corrected chi connectivity index (χ3v) is 6.41. The van der Waals surface area contributed by atoms with E-state index in [2.05, 4.69) is 17.4 Å². The summed E-state index contributed by atoms with van der Waals surface area (Å²) in [5, 5.41) is 35.5. The molecule has 0 aromatic heterocycles. The van der Waals surface area contributed by atoms with Crippen LogP contribution in [0.25, 0.3) is 21.9 Å². The molecule has 1 amide bonds. The van der Waals surface area contributed by atoms with Crippen molar-refractivity contribution in [3.05, 3.63) is 102 Å². The third-order valence-electron chi connectivity index (χ3n) is 6.41. The number of rotatable bonds is 6. The first-order valence-corrected chi connectivity index (χ1v) is 11.2. The highest BCUT2D eigenvalue weighted by atomic mass is 16.5. The molecule has 0 aliphatic heterocycles. The lowest BCUT2D eigenvalue weighted by Gasteiger charge is -2.21. The van der Waals surface area contributed by atoms with Crippen molar-refractivity contribution in [1.29, 1.82) is 0 Å². The number of fused-ring (bicyclic) bond motifs is 4. The summed E-state index contributed by atoms with van der Waals surface area (Å²) in [4.78, 5) is 12.4. The number of ether oxygens (including phenoxy) is 1. The molecule has 0 heterocycles. The normalized spacial score (nSPS) is 14.3. The number of phenolic OH excluding ortho intramolecular Hbond substituents is 1. The molecule has 6 heteroatoms. The highest BCUT2D eigenvalue weighted by molar-refractivity contribution is 5.88. The number of carbonyl (C=O) groups excluding carboxylic acids is 1. The Morgan fingerprint density at radius 3 is 2.18 bits per heavy atom. The first-order chi connectivity index (χ1) is 16.5. The molecule has 4 aromatic rings. The van der Waals surface area contributed by atoms with Crippen LogP contribution >= 0.6 is 0 Å². The first-order valence-electron chi connectivity index (χ1n) is 11.2. The number of alkyl carbamates (subject to hydrolysis) is 1. The molecule has 0 fully saturated rings. The van der Waals surface area contributed by atoms with Crippen LogP contribution in [0.2, 0.25) is 0 Å². The molecule has 34 heavy (non-hydrogen) atoms. The molecular formula is C28H25NO5. The van der Waals surface area contributed by atoms with Gasteiger partial charge in [0.15, 0.2) is 0 Å². The number of benzene rings is 4. The van der Waals surface area contributed by atoms with Crippen molar-refractivity contribution in [2.24, 2.45) is 0 Å². The van der Waals surface area contributed by atoms with Crippen molar-refractivity contribution in [3.8, 4) is 16.9 Å². The summed E-state index contributed by atoms with van der Waals surface area (Å²) in [6, 6.07) is 26.6. The van der Waals surface area contributed by atoms with Gasteiger partial charge >= 0.3 is 6.09 Å². The Kier molecular flexibility index (Phi) is 5.92. The van der Waals surface area contributed by atoms with E-state index in [0.717, 1.165) is 27.6 Å². The number of hydrogen-bond donors (Lipinski definition) is 4. The van der Waals surface area contributed by atoms with Crippen LogP contribution in [0, 0.1) is 0 Å². The molecule has 172 valence electrons. The smallest absolute Gasteiger partial charge is 0.407 e. The molecule has 0 saturated heterocycles. The maximum Gasteiger partial charge on any atom is 0.407 e. The van der Waals surface area contributed by atoms with Crippen LogP contribution in [-0.4, -0.2) is 40.7 Å². The summed E-state index contributed by atoms with van der Waals surface area (Å²) in [5.41, 5.74) is 4.72. The number of aliphatic hydroxyl groups is 2. The van der Waals surface area contributed by atoms with E-state index in [9.17, 15) is 20.1 Å². The van der Waals surface area contributed by atoms with E-state index in [-0.39, 0.29) is 30.4 Å². The molecule has 0 spiro atoms. The van der Waals surface area contributed by atoms with Gasteiger partial charge in [-0.25, -0.2) is 4.79 Å². The SMILES string of the molecule is O=C(NCC(O)C(O)c1c(O)ccc2ccccc12)OCC1c2ccccc2-c2ccccc21. The molecule has 6 nitrogen and oxygen atoms in total. The molecule has 2 atom stereocenters. The zero-order valence-corrected chi connectivity index (χ0v) is 18.4. The topological polar surface area (TPSA) is 99.0 Å². The minimum absolute atomic E-state index is 0.0682. The Bertz CT molecular complexity index is 1310. The van der Waals surface area contributed by atoms with Gasteiger partial charge in [0.2, 0.25) is 0 Å². The number of nitrogens with one attached hydrogen (secondary N) is 1. The molecule has 4 N–H and O–H groups in total. The second kappa shape index (κ2) is 9.17. The zero-order valence-electron chi connectivity index (χ0n) is 18.4. The predicted octanol–water partition coefficient (Wildman–Crippen LogP) is 4.48. The fraction of sp³-hybridized carbons (Fsp3) is 0.179. The lowest BCUT2D eigenvalue weighted by Crippen LogP contribution is -2.36. The van der Waals surface area contributed by atoms with E-state index < -0.39 is 18.3 Å². The molecule has 2 unspecified atom stereocenters. The second-order valence-electron chi connectivity index (χ2n) is 8.44. The van der Waals surface area contributed by atoms with Gasteiger partial charge in [-0.2, -0.15) is 0 Å². The van der Waals surface area contributed by atoms with Crippen molar-refractivity contribution in [2.45, 2.75) is 18.1 Å². The number of aliphatic hydroxyl groups excluding tert-OH is 2. The van der Waals surface area contributed by atoms with Crippen molar-refractivity contribution >= 4 is 16.9 Å². The minimum Gasteiger partial charge on any atom is -0.508 e. The standard InChI is InChI=1S/C28H25NO5/c30-24-14-13-17-7-1-2-8-18(17)26(24)27(32)25(31)15-29-28(33)34-16-23-21-11-5-3-9-19(21)20-10-4-6-12-22(20)23/h1-14,23,25,27,30-32H,15-16H2,(H,29,33).